The monoisotopic (exact) mass is 458 g/mol. The summed E-state index contributed by atoms with van der Waals surface area (Å²) in [5, 5.41) is 19.2. The van der Waals surface area contributed by atoms with Crippen LogP contribution in [0.3, 0.4) is 0 Å². The van der Waals surface area contributed by atoms with Crippen LogP contribution in [0.25, 0.3) is 5.57 Å². The number of aliphatic hydroxyl groups is 1. The molecule has 2 aromatic rings. The maximum atomic E-state index is 14.5. The Balaban J connectivity index is 2.07. The zero-order chi connectivity index (χ0) is 24.3. The van der Waals surface area contributed by atoms with Crippen molar-refractivity contribution in [3.05, 3.63) is 77.4 Å². The van der Waals surface area contributed by atoms with E-state index < -0.39 is 47.7 Å². The Morgan fingerprint density at radius 1 is 1.15 bits per heavy atom. The van der Waals surface area contributed by atoms with E-state index in [1.165, 1.54) is 4.90 Å². The highest BCUT2D eigenvalue weighted by Crippen LogP contribution is 2.38. The predicted octanol–water partition coefficient (Wildman–Crippen LogP) is 4.32. The van der Waals surface area contributed by atoms with Crippen molar-refractivity contribution in [2.24, 2.45) is 5.41 Å². The second-order valence-corrected chi connectivity index (χ2v) is 9.11. The van der Waals surface area contributed by atoms with Crippen molar-refractivity contribution in [1.82, 2.24) is 9.80 Å². The van der Waals surface area contributed by atoms with Crippen LogP contribution in [0.15, 0.2) is 54.6 Å². The van der Waals surface area contributed by atoms with E-state index in [-0.39, 0.29) is 18.7 Å². The molecule has 0 unspecified atom stereocenters. The van der Waals surface area contributed by atoms with Gasteiger partial charge in [-0.15, -0.1) is 0 Å². The van der Waals surface area contributed by atoms with Crippen LogP contribution in [0, 0.1) is 17.0 Å². The van der Waals surface area contributed by atoms with Crippen LogP contribution in [-0.2, 0) is 4.79 Å². The van der Waals surface area contributed by atoms with Gasteiger partial charge in [-0.05, 0) is 34.8 Å². The average molecular weight is 459 g/mol. The van der Waals surface area contributed by atoms with Crippen molar-refractivity contribution in [2.45, 2.75) is 32.9 Å². The van der Waals surface area contributed by atoms with Crippen molar-refractivity contribution in [1.29, 1.82) is 0 Å². The van der Waals surface area contributed by atoms with Gasteiger partial charge in [0.05, 0.1) is 12.6 Å². The van der Waals surface area contributed by atoms with E-state index in [4.69, 9.17) is 0 Å². The smallest absolute Gasteiger partial charge is 0.408 e. The van der Waals surface area contributed by atoms with Gasteiger partial charge in [0.1, 0.15) is 17.7 Å². The highest BCUT2D eigenvalue weighted by Gasteiger charge is 2.44. The largest absolute Gasteiger partial charge is 0.465 e. The van der Waals surface area contributed by atoms with Crippen LogP contribution in [-0.4, -0.2) is 57.8 Å². The Bertz CT molecular complexity index is 1050. The number of carboxylic acid groups (broad SMARTS) is 1. The lowest BCUT2D eigenvalue weighted by molar-refractivity contribution is -0.141. The maximum absolute atomic E-state index is 14.5. The number of hydrogen-bond acceptors (Lipinski definition) is 3. The van der Waals surface area contributed by atoms with Crippen LogP contribution >= 0.6 is 0 Å². The predicted molar refractivity (Wildman–Crippen MR) is 120 cm³/mol. The average Bonchev–Trinajstić information content (AvgIpc) is 3.20. The normalized spacial score (nSPS) is 17.0. The maximum Gasteiger partial charge on any atom is 0.408 e. The number of halogens is 2. The molecule has 0 aromatic heterocycles. The lowest BCUT2D eigenvalue weighted by Gasteiger charge is -2.40. The summed E-state index contributed by atoms with van der Waals surface area (Å²) < 4.78 is 28.4. The highest BCUT2D eigenvalue weighted by molar-refractivity contribution is 5.89. The first-order chi connectivity index (χ1) is 15.5. The van der Waals surface area contributed by atoms with Gasteiger partial charge in [0, 0.05) is 18.7 Å². The summed E-state index contributed by atoms with van der Waals surface area (Å²) >= 11 is 0. The van der Waals surface area contributed by atoms with Gasteiger partial charge >= 0.3 is 6.09 Å². The number of benzene rings is 2. The van der Waals surface area contributed by atoms with E-state index >= 15 is 0 Å². The third-order valence-electron chi connectivity index (χ3n) is 5.69. The number of carbonyl (C=O) groups excluding carboxylic acids is 1. The van der Waals surface area contributed by atoms with Crippen LogP contribution in [0.1, 0.15) is 37.9 Å². The second-order valence-electron chi connectivity index (χ2n) is 9.11. The van der Waals surface area contributed by atoms with Crippen molar-refractivity contribution < 1.29 is 28.6 Å². The molecule has 0 fully saturated rings. The third-order valence-corrected chi connectivity index (χ3v) is 5.69. The minimum Gasteiger partial charge on any atom is -0.465 e. The Labute approximate surface area is 191 Å². The fourth-order valence-electron chi connectivity index (χ4n) is 4.25. The van der Waals surface area contributed by atoms with E-state index in [9.17, 15) is 28.6 Å². The highest BCUT2D eigenvalue weighted by atomic mass is 19.1. The molecular weight excluding hydrogens is 430 g/mol. The third kappa shape index (κ3) is 5.22. The minimum absolute atomic E-state index is 0.0159. The zero-order valence-corrected chi connectivity index (χ0v) is 18.8. The second kappa shape index (κ2) is 9.70. The standard InChI is InChI=1S/C25H28F2N2O4/c1-25(2,3)22(28(11-12-30)24(32)33)23(31)29-15-17(19-14-18(26)9-10-20(19)27)13-21(29)16-7-5-4-6-8-16/h4-10,13-14,21-22,30H,11-12,15H2,1-3H3,(H,32,33)/t21-,22+/m0/s1. The molecule has 1 aliphatic rings. The molecular formula is C25H28F2N2O4. The molecule has 6 nitrogen and oxygen atoms in total. The lowest BCUT2D eigenvalue weighted by Crippen LogP contribution is -2.57. The molecule has 0 radical (unpaired) electrons. The van der Waals surface area contributed by atoms with E-state index in [1.807, 2.05) is 30.3 Å². The summed E-state index contributed by atoms with van der Waals surface area (Å²) in [6, 6.07) is 10.6. The molecule has 2 aromatic carbocycles. The molecule has 0 saturated carbocycles. The minimum atomic E-state index is -1.32. The molecule has 0 aliphatic carbocycles. The molecule has 33 heavy (non-hydrogen) atoms. The van der Waals surface area contributed by atoms with Crippen molar-refractivity contribution in [3.8, 4) is 0 Å². The molecule has 1 heterocycles. The van der Waals surface area contributed by atoms with Crippen LogP contribution in [0.5, 0.6) is 0 Å². The summed E-state index contributed by atoms with van der Waals surface area (Å²) in [6.45, 7) is 4.56. The molecule has 2 amide bonds. The van der Waals surface area contributed by atoms with E-state index in [2.05, 4.69) is 0 Å². The Morgan fingerprint density at radius 2 is 1.82 bits per heavy atom. The molecule has 2 atom stereocenters. The zero-order valence-electron chi connectivity index (χ0n) is 18.8. The molecule has 3 rings (SSSR count). The van der Waals surface area contributed by atoms with E-state index in [0.717, 1.165) is 28.7 Å². The van der Waals surface area contributed by atoms with E-state index in [1.54, 1.807) is 26.8 Å². The molecule has 0 saturated heterocycles. The molecule has 2 N–H and O–H groups in total. The summed E-state index contributed by atoms with van der Waals surface area (Å²) in [5.41, 5.74) is 0.461. The van der Waals surface area contributed by atoms with Gasteiger partial charge in [-0.2, -0.15) is 0 Å². The number of aliphatic hydroxyl groups excluding tert-OH is 1. The van der Waals surface area contributed by atoms with Crippen molar-refractivity contribution >= 4 is 17.6 Å². The van der Waals surface area contributed by atoms with Crippen LogP contribution in [0.2, 0.25) is 0 Å². The van der Waals surface area contributed by atoms with Crippen LogP contribution in [0.4, 0.5) is 13.6 Å². The molecule has 1 aliphatic heterocycles. The molecule has 0 bridgehead atoms. The van der Waals surface area contributed by atoms with Gasteiger partial charge < -0.3 is 15.1 Å². The number of carbonyl (C=O) groups is 2. The fourth-order valence-corrected chi connectivity index (χ4v) is 4.25. The SMILES string of the molecule is CC(C)(C)[C@@H](C(=O)N1CC(c2cc(F)ccc2F)=C[C@H]1c1ccccc1)N(CCO)C(=O)O. The van der Waals surface area contributed by atoms with Gasteiger partial charge in [0.25, 0.3) is 0 Å². The van der Waals surface area contributed by atoms with E-state index in [0.29, 0.717) is 5.57 Å². The lowest BCUT2D eigenvalue weighted by atomic mass is 9.84. The number of amides is 2. The quantitative estimate of drug-likeness (QED) is 0.676. The summed E-state index contributed by atoms with van der Waals surface area (Å²) in [7, 11) is 0. The molecule has 0 spiro atoms. The topological polar surface area (TPSA) is 81.1 Å². The Morgan fingerprint density at radius 3 is 2.39 bits per heavy atom. The van der Waals surface area contributed by atoms with Gasteiger partial charge in [0.2, 0.25) is 5.91 Å². The fraction of sp³-hybridized carbons (Fsp3) is 0.360. The van der Waals surface area contributed by atoms with Gasteiger partial charge in [-0.1, -0.05) is 57.2 Å². The Kier molecular flexibility index (Phi) is 7.17. The first kappa shape index (κ1) is 24.4. The molecule has 8 heteroatoms. The number of hydrogen-bond donors (Lipinski definition) is 2. The summed E-state index contributed by atoms with van der Waals surface area (Å²) in [6.07, 6.45) is 0.388. The van der Waals surface area contributed by atoms with Gasteiger partial charge in [-0.25, -0.2) is 13.6 Å². The summed E-state index contributed by atoms with van der Waals surface area (Å²) in [5.74, 6) is -1.68. The first-order valence-corrected chi connectivity index (χ1v) is 10.7. The van der Waals surface area contributed by atoms with Crippen molar-refractivity contribution in [3.63, 3.8) is 0 Å². The van der Waals surface area contributed by atoms with Crippen molar-refractivity contribution in [2.75, 3.05) is 19.7 Å². The first-order valence-electron chi connectivity index (χ1n) is 10.7. The van der Waals surface area contributed by atoms with Crippen LogP contribution < -0.4 is 0 Å². The Hall–Kier alpha value is -3.26. The number of rotatable bonds is 6. The van der Waals surface area contributed by atoms with Gasteiger partial charge in [0.15, 0.2) is 0 Å². The number of nitrogens with zero attached hydrogens (tertiary/aromatic N) is 2. The summed E-state index contributed by atoms with van der Waals surface area (Å²) in [4.78, 5) is 28.2. The van der Waals surface area contributed by atoms with Gasteiger partial charge in [-0.3, -0.25) is 9.69 Å². The molecule has 176 valence electrons.